The molecule has 2 aliphatic rings. The van der Waals surface area contributed by atoms with Crippen LogP contribution in [-0.4, -0.2) is 96.6 Å². The number of likely N-dealkylation sites (tertiary alicyclic amines) is 1. The highest BCUT2D eigenvalue weighted by Crippen LogP contribution is 2.43. The fourth-order valence-corrected chi connectivity index (χ4v) is 7.47. The van der Waals surface area contributed by atoms with Gasteiger partial charge in [0.05, 0.1) is 41.8 Å². The van der Waals surface area contributed by atoms with Crippen molar-refractivity contribution in [3.8, 4) is 23.2 Å². The smallest absolute Gasteiger partial charge is 0.410 e. The highest BCUT2D eigenvalue weighted by atomic mass is 35.5. The quantitative estimate of drug-likeness (QED) is 0.172. The normalized spacial score (nSPS) is 20.1. The summed E-state index contributed by atoms with van der Waals surface area (Å²) in [5.74, 6) is 0.619. The van der Waals surface area contributed by atoms with Gasteiger partial charge in [-0.25, -0.2) is 4.79 Å². The summed E-state index contributed by atoms with van der Waals surface area (Å²) < 4.78 is 23.9. The van der Waals surface area contributed by atoms with Gasteiger partial charge in [0.1, 0.15) is 23.6 Å². The van der Waals surface area contributed by atoms with Crippen LogP contribution in [0.25, 0.3) is 43.8 Å². The zero-order valence-corrected chi connectivity index (χ0v) is 29.7. The maximum atomic E-state index is 13.2. The van der Waals surface area contributed by atoms with Gasteiger partial charge in [0, 0.05) is 55.1 Å². The molecule has 0 unspecified atom stereocenters. The molecule has 0 N–H and O–H groups in total. The molecule has 50 heavy (non-hydrogen) atoms. The van der Waals surface area contributed by atoms with Crippen LogP contribution in [0.3, 0.4) is 0 Å². The predicted octanol–water partition coefficient (Wildman–Crippen LogP) is 7.29. The Labute approximate surface area is 296 Å². The van der Waals surface area contributed by atoms with Gasteiger partial charge in [-0.05, 0) is 69.0 Å². The largest absolute Gasteiger partial charge is 0.463 e. The van der Waals surface area contributed by atoms with E-state index in [9.17, 15) is 10.1 Å². The number of aromatic nitrogens is 2. The Morgan fingerprint density at radius 2 is 1.86 bits per heavy atom. The second-order valence-electron chi connectivity index (χ2n) is 14.1. The number of nitrogens with zero attached hydrogens (tertiary/aromatic N) is 6. The van der Waals surface area contributed by atoms with Gasteiger partial charge in [0.2, 0.25) is 0 Å². The summed E-state index contributed by atoms with van der Waals surface area (Å²) in [6, 6.07) is 18.3. The summed E-state index contributed by atoms with van der Waals surface area (Å²) in [6.45, 7) is 7.89. The average Bonchev–Trinajstić information content (AvgIpc) is 3.72. The fourth-order valence-electron chi connectivity index (χ4n) is 7.19. The fraction of sp³-hybridized carbons (Fsp3) is 0.421. The number of carbonyl (C=O) groups excluding carboxylic acids is 1. The number of furan rings is 1. The molecule has 0 saturated carbocycles. The first-order valence-corrected chi connectivity index (χ1v) is 17.3. The van der Waals surface area contributed by atoms with Crippen LogP contribution in [0.2, 0.25) is 5.02 Å². The number of amides is 1. The summed E-state index contributed by atoms with van der Waals surface area (Å²) in [5, 5.41) is 14.0. The van der Waals surface area contributed by atoms with E-state index in [1.165, 1.54) is 0 Å². The van der Waals surface area contributed by atoms with Crippen LogP contribution in [0.15, 0.2) is 59.2 Å². The Balaban J connectivity index is 1.35. The zero-order chi connectivity index (χ0) is 35.2. The molecule has 2 fully saturated rings. The van der Waals surface area contributed by atoms with E-state index in [2.05, 4.69) is 35.0 Å². The molecule has 0 radical (unpaired) electrons. The molecule has 12 heteroatoms. The van der Waals surface area contributed by atoms with Crippen molar-refractivity contribution < 1.29 is 23.4 Å². The Kier molecular flexibility index (Phi) is 9.20. The monoisotopic (exact) mass is 696 g/mol. The van der Waals surface area contributed by atoms with Gasteiger partial charge in [0.15, 0.2) is 0 Å². The summed E-state index contributed by atoms with van der Waals surface area (Å²) in [5.41, 5.74) is 2.50. The van der Waals surface area contributed by atoms with E-state index in [4.69, 9.17) is 40.2 Å². The third kappa shape index (κ3) is 6.51. The number of rotatable bonds is 7. The molecule has 11 nitrogen and oxygen atoms in total. The number of piperazine rings is 1. The van der Waals surface area contributed by atoms with E-state index < -0.39 is 17.7 Å². The molecule has 1 amide bonds. The molecule has 0 spiro atoms. The molecule has 4 heterocycles. The van der Waals surface area contributed by atoms with Crippen molar-refractivity contribution >= 4 is 56.2 Å². The van der Waals surface area contributed by atoms with Crippen LogP contribution in [0.4, 0.5) is 10.6 Å². The molecule has 260 valence electrons. The topological polar surface area (TPSA) is 117 Å². The van der Waals surface area contributed by atoms with Crippen molar-refractivity contribution in [2.45, 2.75) is 57.4 Å². The Hall–Kier alpha value is -4.63. The number of anilines is 1. The molecule has 2 aromatic heterocycles. The second-order valence-corrected chi connectivity index (χ2v) is 14.5. The molecule has 3 aromatic carbocycles. The molecule has 5 aromatic rings. The molecule has 2 saturated heterocycles. The van der Waals surface area contributed by atoms with E-state index in [1.807, 2.05) is 57.2 Å². The van der Waals surface area contributed by atoms with Crippen LogP contribution >= 0.6 is 11.6 Å². The van der Waals surface area contributed by atoms with E-state index >= 15 is 0 Å². The molecule has 0 aliphatic carbocycles. The Morgan fingerprint density at radius 1 is 1.06 bits per heavy atom. The average molecular weight is 697 g/mol. The number of likely N-dealkylation sites (N-methyl/N-ethyl adjacent to an activating group) is 1. The molecule has 2 aliphatic heterocycles. The minimum Gasteiger partial charge on any atom is -0.463 e. The van der Waals surface area contributed by atoms with Crippen LogP contribution in [0, 0.1) is 11.3 Å². The SMILES string of the molecule is CO[C@@H]1C[C@@H](COc2nc(N3CCN(C(=O)OC(C)(C)C)[C@@H](CC#N)C3)c3c(cc(-c4cccc5cccc(Cl)c45)c4ccoc43)n2)N(C)C1. The molecular weight excluding hydrogens is 656 g/mol. The number of hydrogen-bond acceptors (Lipinski definition) is 10. The maximum absolute atomic E-state index is 13.2. The number of ether oxygens (including phenoxy) is 3. The van der Waals surface area contributed by atoms with Crippen LogP contribution in [0.1, 0.15) is 33.6 Å². The highest BCUT2D eigenvalue weighted by Gasteiger charge is 2.36. The summed E-state index contributed by atoms with van der Waals surface area (Å²) >= 11 is 6.80. The number of benzene rings is 3. The lowest BCUT2D eigenvalue weighted by Gasteiger charge is -2.41. The van der Waals surface area contributed by atoms with Crippen molar-refractivity contribution in [3.05, 3.63) is 59.8 Å². The third-order valence-corrected chi connectivity index (χ3v) is 9.95. The van der Waals surface area contributed by atoms with Gasteiger partial charge in [-0.15, -0.1) is 0 Å². The minimum absolute atomic E-state index is 0.138. The summed E-state index contributed by atoms with van der Waals surface area (Å²) in [7, 11) is 3.80. The number of hydrogen-bond donors (Lipinski definition) is 0. The first-order chi connectivity index (χ1) is 24.0. The Bertz CT molecular complexity index is 2100. The van der Waals surface area contributed by atoms with Crippen molar-refractivity contribution in [1.82, 2.24) is 19.8 Å². The first-order valence-electron chi connectivity index (χ1n) is 16.9. The standard InChI is InChI=1S/C38H41ClN6O5/c1-38(2,3)50-37(46)45-16-15-44(20-24(45)12-14-40)35-33-31(41-36(42-35)49-22-25-18-26(47-5)21-43(25)4)19-29(28-13-17-48-34(28)33)27-10-6-8-23-9-7-11-30(39)32(23)27/h6-11,13,17,19,24-26H,12,15-16,18,20-22H2,1-5H3/t24-,25-,26+/m0/s1. The summed E-state index contributed by atoms with van der Waals surface area (Å²) in [6.07, 6.45) is 2.36. The lowest BCUT2D eigenvalue weighted by molar-refractivity contribution is 0.0145. The molecular formula is C38H41ClN6O5. The number of halogens is 1. The van der Waals surface area contributed by atoms with Gasteiger partial charge < -0.3 is 28.4 Å². The third-order valence-electron chi connectivity index (χ3n) is 9.63. The van der Waals surface area contributed by atoms with E-state index in [0.29, 0.717) is 48.2 Å². The molecule has 0 bridgehead atoms. The maximum Gasteiger partial charge on any atom is 0.410 e. The minimum atomic E-state index is -0.659. The van der Waals surface area contributed by atoms with E-state index in [-0.39, 0.29) is 24.6 Å². The lowest BCUT2D eigenvalue weighted by atomic mass is 9.94. The molecule has 3 atom stereocenters. The van der Waals surface area contributed by atoms with Crippen LogP contribution < -0.4 is 9.64 Å². The predicted molar refractivity (Wildman–Crippen MR) is 194 cm³/mol. The van der Waals surface area contributed by atoms with Gasteiger partial charge in [-0.1, -0.05) is 41.9 Å². The van der Waals surface area contributed by atoms with E-state index in [1.54, 1.807) is 18.3 Å². The van der Waals surface area contributed by atoms with Crippen LogP contribution in [-0.2, 0) is 9.47 Å². The molecule has 7 rings (SSSR count). The summed E-state index contributed by atoms with van der Waals surface area (Å²) in [4.78, 5) is 29.2. The van der Waals surface area contributed by atoms with Gasteiger partial charge in [0.25, 0.3) is 0 Å². The number of nitriles is 1. The van der Waals surface area contributed by atoms with Crippen molar-refractivity contribution in [3.63, 3.8) is 0 Å². The number of methoxy groups -OCH3 is 1. The number of fused-ring (bicyclic) bond motifs is 4. The van der Waals surface area contributed by atoms with Gasteiger partial charge in [-0.2, -0.15) is 15.2 Å². The zero-order valence-electron chi connectivity index (χ0n) is 29.0. The van der Waals surface area contributed by atoms with Crippen molar-refractivity contribution in [2.75, 3.05) is 51.8 Å². The highest BCUT2D eigenvalue weighted by molar-refractivity contribution is 6.37. The first kappa shape index (κ1) is 33.8. The van der Waals surface area contributed by atoms with Gasteiger partial charge in [-0.3, -0.25) is 4.90 Å². The van der Waals surface area contributed by atoms with Crippen molar-refractivity contribution in [2.24, 2.45) is 0 Å². The lowest BCUT2D eigenvalue weighted by Crippen LogP contribution is -2.56. The van der Waals surface area contributed by atoms with Crippen LogP contribution in [0.5, 0.6) is 6.01 Å². The van der Waals surface area contributed by atoms with E-state index in [0.717, 1.165) is 45.6 Å². The van der Waals surface area contributed by atoms with Gasteiger partial charge >= 0.3 is 12.1 Å². The Morgan fingerprint density at radius 3 is 2.60 bits per heavy atom. The number of carbonyl (C=O) groups is 1. The van der Waals surface area contributed by atoms with Crippen molar-refractivity contribution in [1.29, 1.82) is 5.26 Å². The second kappa shape index (κ2) is 13.6.